The number of hydrogen-bond acceptors (Lipinski definition) is 3. The summed E-state index contributed by atoms with van der Waals surface area (Å²) < 4.78 is 2.16. The molecule has 2 heterocycles. The molecule has 3 rings (SSSR count). The van der Waals surface area contributed by atoms with Crippen LogP contribution in [0.4, 0.5) is 0 Å². The standard InChI is InChI=1S/C13H12BrN3O/c14-11-12(10-3-1-2-6-15-10)16-8-17(13(11)18)7-9-4-5-9/h1-3,6,8-9H,4-5,7H2. The molecule has 2 aromatic heterocycles. The van der Waals surface area contributed by atoms with Gasteiger partial charge in [-0.05, 0) is 46.8 Å². The van der Waals surface area contributed by atoms with Crippen molar-refractivity contribution < 1.29 is 0 Å². The molecule has 92 valence electrons. The maximum Gasteiger partial charge on any atom is 0.268 e. The second-order valence-corrected chi connectivity index (χ2v) is 5.32. The molecule has 0 aliphatic heterocycles. The Labute approximate surface area is 113 Å². The van der Waals surface area contributed by atoms with Crippen molar-refractivity contribution in [1.29, 1.82) is 0 Å². The van der Waals surface area contributed by atoms with Crippen molar-refractivity contribution in [3.8, 4) is 11.4 Å². The first-order valence-electron chi connectivity index (χ1n) is 5.92. The van der Waals surface area contributed by atoms with E-state index in [1.807, 2.05) is 18.2 Å². The predicted molar refractivity (Wildman–Crippen MR) is 72.2 cm³/mol. The molecule has 2 aromatic rings. The molecule has 0 aromatic carbocycles. The van der Waals surface area contributed by atoms with Crippen LogP contribution in [0.1, 0.15) is 12.8 Å². The molecule has 0 N–H and O–H groups in total. The van der Waals surface area contributed by atoms with Gasteiger partial charge in [-0.2, -0.15) is 0 Å². The van der Waals surface area contributed by atoms with Gasteiger partial charge in [-0.25, -0.2) is 4.98 Å². The lowest BCUT2D eigenvalue weighted by atomic mass is 10.2. The maximum atomic E-state index is 12.2. The lowest BCUT2D eigenvalue weighted by Gasteiger charge is -2.07. The van der Waals surface area contributed by atoms with E-state index in [0.29, 0.717) is 21.8 Å². The van der Waals surface area contributed by atoms with Gasteiger partial charge < -0.3 is 0 Å². The highest BCUT2D eigenvalue weighted by Crippen LogP contribution is 2.30. The summed E-state index contributed by atoms with van der Waals surface area (Å²) in [5.41, 5.74) is 1.28. The number of pyridine rings is 1. The van der Waals surface area contributed by atoms with Crippen molar-refractivity contribution in [2.24, 2.45) is 5.92 Å². The molecule has 0 bridgehead atoms. The van der Waals surface area contributed by atoms with E-state index in [1.165, 1.54) is 12.8 Å². The van der Waals surface area contributed by atoms with Crippen molar-refractivity contribution in [2.45, 2.75) is 19.4 Å². The number of aromatic nitrogens is 3. The zero-order chi connectivity index (χ0) is 12.5. The number of rotatable bonds is 3. The second-order valence-electron chi connectivity index (χ2n) is 4.52. The van der Waals surface area contributed by atoms with E-state index in [1.54, 1.807) is 17.1 Å². The average molecular weight is 306 g/mol. The highest BCUT2D eigenvalue weighted by atomic mass is 79.9. The third-order valence-electron chi connectivity index (χ3n) is 3.04. The van der Waals surface area contributed by atoms with Crippen LogP contribution in [0, 0.1) is 5.92 Å². The van der Waals surface area contributed by atoms with Crippen molar-refractivity contribution >= 4 is 15.9 Å². The van der Waals surface area contributed by atoms with Crippen LogP contribution in [0.2, 0.25) is 0 Å². The fourth-order valence-corrected chi connectivity index (χ4v) is 2.39. The molecule has 0 amide bonds. The molecule has 0 radical (unpaired) electrons. The van der Waals surface area contributed by atoms with Gasteiger partial charge in [-0.3, -0.25) is 14.3 Å². The minimum absolute atomic E-state index is 0.0300. The van der Waals surface area contributed by atoms with Crippen molar-refractivity contribution in [3.63, 3.8) is 0 Å². The first-order valence-corrected chi connectivity index (χ1v) is 6.71. The molecular formula is C13H12BrN3O. The minimum atomic E-state index is -0.0300. The predicted octanol–water partition coefficient (Wildman–Crippen LogP) is 2.48. The van der Waals surface area contributed by atoms with Crippen LogP contribution in [-0.2, 0) is 6.54 Å². The molecule has 0 saturated heterocycles. The third kappa shape index (κ3) is 2.22. The Morgan fingerprint density at radius 3 is 2.83 bits per heavy atom. The molecule has 1 aliphatic carbocycles. The summed E-state index contributed by atoms with van der Waals surface area (Å²) in [6.45, 7) is 0.771. The quantitative estimate of drug-likeness (QED) is 0.875. The van der Waals surface area contributed by atoms with Crippen LogP contribution < -0.4 is 5.56 Å². The Kier molecular flexibility index (Phi) is 2.99. The van der Waals surface area contributed by atoms with Crippen LogP contribution in [0.3, 0.4) is 0 Å². The van der Waals surface area contributed by atoms with Crippen molar-refractivity contribution in [1.82, 2.24) is 14.5 Å². The van der Waals surface area contributed by atoms with E-state index in [-0.39, 0.29) is 5.56 Å². The first-order chi connectivity index (χ1) is 8.75. The van der Waals surface area contributed by atoms with Crippen LogP contribution >= 0.6 is 15.9 Å². The summed E-state index contributed by atoms with van der Waals surface area (Å²) in [6, 6.07) is 5.57. The van der Waals surface area contributed by atoms with Gasteiger partial charge in [0.2, 0.25) is 0 Å². The Morgan fingerprint density at radius 1 is 1.33 bits per heavy atom. The van der Waals surface area contributed by atoms with Crippen LogP contribution in [0.25, 0.3) is 11.4 Å². The summed E-state index contributed by atoms with van der Waals surface area (Å²) in [5.74, 6) is 0.650. The monoisotopic (exact) mass is 305 g/mol. The van der Waals surface area contributed by atoms with Gasteiger partial charge in [0.15, 0.2) is 0 Å². The summed E-state index contributed by atoms with van der Waals surface area (Å²) in [5, 5.41) is 0. The Balaban J connectivity index is 2.02. The van der Waals surface area contributed by atoms with E-state index >= 15 is 0 Å². The normalized spacial score (nSPS) is 14.7. The van der Waals surface area contributed by atoms with Crippen molar-refractivity contribution in [3.05, 3.63) is 45.5 Å². The fraction of sp³-hybridized carbons (Fsp3) is 0.308. The van der Waals surface area contributed by atoms with Crippen LogP contribution in [-0.4, -0.2) is 14.5 Å². The topological polar surface area (TPSA) is 47.8 Å². The van der Waals surface area contributed by atoms with E-state index in [2.05, 4.69) is 25.9 Å². The molecule has 1 fully saturated rings. The zero-order valence-corrected chi connectivity index (χ0v) is 11.3. The SMILES string of the molecule is O=c1c(Br)c(-c2ccccn2)ncn1CC1CC1. The zero-order valence-electron chi connectivity index (χ0n) is 9.71. The average Bonchev–Trinajstić information content (AvgIpc) is 3.20. The Bertz CT molecular complexity index is 620. The summed E-state index contributed by atoms with van der Waals surface area (Å²) in [4.78, 5) is 20.7. The first kappa shape index (κ1) is 11.6. The molecule has 1 aliphatic rings. The second kappa shape index (κ2) is 4.65. The smallest absolute Gasteiger partial charge is 0.268 e. The number of hydrogen-bond donors (Lipinski definition) is 0. The third-order valence-corrected chi connectivity index (χ3v) is 3.76. The molecular weight excluding hydrogens is 294 g/mol. The summed E-state index contributed by atoms with van der Waals surface area (Å²) >= 11 is 3.34. The summed E-state index contributed by atoms with van der Waals surface area (Å²) in [6.07, 6.45) is 5.74. The molecule has 0 unspecified atom stereocenters. The summed E-state index contributed by atoms with van der Waals surface area (Å²) in [7, 11) is 0. The van der Waals surface area contributed by atoms with E-state index in [0.717, 1.165) is 6.54 Å². The Morgan fingerprint density at radius 2 is 2.17 bits per heavy atom. The number of nitrogens with zero attached hydrogens (tertiary/aromatic N) is 3. The fourth-order valence-electron chi connectivity index (χ4n) is 1.85. The highest BCUT2D eigenvalue weighted by molar-refractivity contribution is 9.10. The molecule has 18 heavy (non-hydrogen) atoms. The molecule has 5 heteroatoms. The largest absolute Gasteiger partial charge is 0.298 e. The van der Waals surface area contributed by atoms with Gasteiger partial charge in [0, 0.05) is 12.7 Å². The Hall–Kier alpha value is -1.49. The van der Waals surface area contributed by atoms with Crippen molar-refractivity contribution in [2.75, 3.05) is 0 Å². The van der Waals surface area contributed by atoms with E-state index in [9.17, 15) is 4.79 Å². The molecule has 1 saturated carbocycles. The number of halogens is 1. The van der Waals surface area contributed by atoms with Gasteiger partial charge in [-0.1, -0.05) is 6.07 Å². The van der Waals surface area contributed by atoms with Gasteiger partial charge in [-0.15, -0.1) is 0 Å². The maximum absolute atomic E-state index is 12.2. The molecule has 4 nitrogen and oxygen atoms in total. The lowest BCUT2D eigenvalue weighted by molar-refractivity contribution is 0.594. The van der Waals surface area contributed by atoms with E-state index in [4.69, 9.17) is 0 Å². The van der Waals surface area contributed by atoms with Crippen LogP contribution in [0.5, 0.6) is 0 Å². The lowest BCUT2D eigenvalue weighted by Crippen LogP contribution is -2.22. The molecule has 0 spiro atoms. The minimum Gasteiger partial charge on any atom is -0.298 e. The van der Waals surface area contributed by atoms with Gasteiger partial charge >= 0.3 is 0 Å². The van der Waals surface area contributed by atoms with Gasteiger partial charge in [0.1, 0.15) is 10.2 Å². The van der Waals surface area contributed by atoms with E-state index < -0.39 is 0 Å². The van der Waals surface area contributed by atoms with Gasteiger partial charge in [0.05, 0.1) is 12.0 Å². The van der Waals surface area contributed by atoms with Crippen LogP contribution in [0.15, 0.2) is 40.0 Å². The van der Waals surface area contributed by atoms with Gasteiger partial charge in [0.25, 0.3) is 5.56 Å². The highest BCUT2D eigenvalue weighted by Gasteiger charge is 2.23. The molecule has 0 atom stereocenters.